The lowest BCUT2D eigenvalue weighted by molar-refractivity contribution is -0.218. The number of aliphatic hydroxyl groups excluding tert-OH is 1. The molecule has 7 atom stereocenters. The van der Waals surface area contributed by atoms with Gasteiger partial charge in [-0.05, 0) is 50.7 Å². The van der Waals surface area contributed by atoms with Crippen LogP contribution in [-0.4, -0.2) is 57.9 Å². The van der Waals surface area contributed by atoms with Crippen molar-refractivity contribution in [1.29, 1.82) is 0 Å². The third-order valence-corrected chi connectivity index (χ3v) is 9.16. The van der Waals surface area contributed by atoms with E-state index >= 15 is 0 Å². The lowest BCUT2D eigenvalue weighted by Crippen LogP contribution is -2.63. The van der Waals surface area contributed by atoms with Crippen molar-refractivity contribution in [1.82, 2.24) is 0 Å². The molecule has 0 unspecified atom stereocenters. The number of aromatic hydroxyl groups is 2. The highest BCUT2D eigenvalue weighted by Crippen LogP contribution is 2.73. The number of esters is 1. The summed E-state index contributed by atoms with van der Waals surface area (Å²) in [6.45, 7) is 3.99. The third-order valence-electron chi connectivity index (χ3n) is 9.16. The number of ether oxygens (including phenoxy) is 2. The number of ketones is 1. The van der Waals surface area contributed by atoms with Gasteiger partial charge in [-0.25, -0.2) is 4.79 Å². The number of methoxy groups -OCH3 is 1. The van der Waals surface area contributed by atoms with Crippen molar-refractivity contribution < 1.29 is 39.2 Å². The molecule has 3 saturated carbocycles. The molecule has 1 spiro atoms. The Balaban J connectivity index is 1.36. The van der Waals surface area contributed by atoms with Crippen LogP contribution in [0, 0.1) is 22.7 Å². The van der Waals surface area contributed by atoms with Gasteiger partial charge in [-0.1, -0.05) is 6.92 Å². The number of carbonyl (C=O) groups excluding carboxylic acids is 3. The van der Waals surface area contributed by atoms with Gasteiger partial charge in [0.25, 0.3) is 0 Å². The average molecular weight is 474 g/mol. The zero-order chi connectivity index (χ0) is 24.6. The summed E-state index contributed by atoms with van der Waals surface area (Å²) in [6, 6.07) is 2.38. The van der Waals surface area contributed by atoms with Crippen LogP contribution in [-0.2, 0) is 19.1 Å². The van der Waals surface area contributed by atoms with E-state index in [1.807, 2.05) is 6.92 Å². The molecule has 2 saturated heterocycles. The van der Waals surface area contributed by atoms with Crippen molar-refractivity contribution >= 4 is 23.3 Å². The van der Waals surface area contributed by atoms with Crippen molar-refractivity contribution in [3.05, 3.63) is 17.7 Å². The first-order valence-corrected chi connectivity index (χ1v) is 11.8. The van der Waals surface area contributed by atoms with E-state index < -0.39 is 34.9 Å². The second kappa shape index (κ2) is 7.42. The summed E-state index contributed by atoms with van der Waals surface area (Å²) in [7, 11) is 1.16. The molecular weight excluding hydrogens is 442 g/mol. The van der Waals surface area contributed by atoms with E-state index in [4.69, 9.17) is 4.74 Å². The van der Waals surface area contributed by atoms with Crippen molar-refractivity contribution in [2.45, 2.75) is 70.2 Å². The van der Waals surface area contributed by atoms with Crippen LogP contribution in [0.5, 0.6) is 11.5 Å². The van der Waals surface area contributed by atoms with Crippen molar-refractivity contribution in [3.63, 3.8) is 0 Å². The number of benzene rings is 1. The molecule has 2 aliphatic heterocycles. The van der Waals surface area contributed by atoms with Gasteiger partial charge in [0.2, 0.25) is 5.91 Å². The van der Waals surface area contributed by atoms with E-state index in [9.17, 15) is 29.7 Å². The van der Waals surface area contributed by atoms with Crippen LogP contribution >= 0.6 is 0 Å². The van der Waals surface area contributed by atoms with Gasteiger partial charge in [0.05, 0.1) is 24.9 Å². The molecule has 1 aromatic rings. The first-order valence-electron chi connectivity index (χ1n) is 11.8. The molecule has 4 bridgehead atoms. The van der Waals surface area contributed by atoms with Crippen LogP contribution in [0.15, 0.2) is 12.1 Å². The molecule has 34 heavy (non-hydrogen) atoms. The van der Waals surface area contributed by atoms with E-state index in [0.717, 1.165) is 26.4 Å². The normalized spacial score (nSPS) is 39.7. The van der Waals surface area contributed by atoms with Gasteiger partial charge in [0.1, 0.15) is 22.8 Å². The second-order valence-electron chi connectivity index (χ2n) is 10.9. The standard InChI is InChI=1S/C25H31NO8/c1-23(7-6-18(30)26-19-14(27)5-4-13(20(19)31)22(32)33-3)16(28)9-17(29)25-10-12-8-15(21(23)25)34-24(12,2)11-25/h4-5,12,15,17,21,27,29,31H,6-11H2,1-3H3,(H,26,30)/t12-,15+,17-,21+,23-,24+,25+/m1/s1. The molecule has 184 valence electrons. The van der Waals surface area contributed by atoms with E-state index in [-0.39, 0.29) is 59.3 Å². The van der Waals surface area contributed by atoms with Gasteiger partial charge in [0.15, 0.2) is 5.75 Å². The maximum atomic E-state index is 13.2. The Kier molecular flexibility index (Phi) is 5.04. The monoisotopic (exact) mass is 473 g/mol. The van der Waals surface area contributed by atoms with Crippen molar-refractivity contribution in [3.8, 4) is 11.5 Å². The molecule has 4 N–H and O–H groups in total. The predicted molar refractivity (Wildman–Crippen MR) is 119 cm³/mol. The van der Waals surface area contributed by atoms with E-state index in [0.29, 0.717) is 5.92 Å². The number of anilines is 1. The van der Waals surface area contributed by atoms with Gasteiger partial charge < -0.3 is 30.1 Å². The van der Waals surface area contributed by atoms with E-state index in [2.05, 4.69) is 17.0 Å². The summed E-state index contributed by atoms with van der Waals surface area (Å²) in [5.74, 6) is -2.15. The number of phenols is 2. The number of amides is 1. The van der Waals surface area contributed by atoms with Gasteiger partial charge in [-0.15, -0.1) is 0 Å². The Morgan fingerprint density at radius 2 is 2.00 bits per heavy atom. The number of hydrogen-bond acceptors (Lipinski definition) is 8. The Morgan fingerprint density at radius 3 is 2.68 bits per heavy atom. The molecule has 5 aliphatic rings. The smallest absolute Gasteiger partial charge is 0.341 e. The summed E-state index contributed by atoms with van der Waals surface area (Å²) >= 11 is 0. The number of hydrogen-bond donors (Lipinski definition) is 4. The molecular formula is C25H31NO8. The minimum Gasteiger partial charge on any atom is -0.506 e. The molecule has 0 aromatic heterocycles. The Labute approximate surface area is 197 Å². The van der Waals surface area contributed by atoms with Crippen LogP contribution in [0.3, 0.4) is 0 Å². The lowest BCUT2D eigenvalue weighted by atomic mass is 9.47. The van der Waals surface area contributed by atoms with Crippen LogP contribution in [0.1, 0.15) is 62.7 Å². The molecule has 9 nitrogen and oxygen atoms in total. The first kappa shape index (κ1) is 23.1. The summed E-state index contributed by atoms with van der Waals surface area (Å²) < 4.78 is 11.0. The third kappa shape index (κ3) is 3.02. The highest BCUT2D eigenvalue weighted by Gasteiger charge is 2.75. The Morgan fingerprint density at radius 1 is 1.26 bits per heavy atom. The lowest BCUT2D eigenvalue weighted by Gasteiger charge is -2.59. The maximum absolute atomic E-state index is 13.2. The predicted octanol–water partition coefficient (Wildman–Crippen LogP) is 2.52. The molecule has 0 radical (unpaired) electrons. The number of rotatable bonds is 5. The molecule has 9 heteroatoms. The molecule has 1 aromatic carbocycles. The summed E-state index contributed by atoms with van der Waals surface area (Å²) in [5.41, 5.74) is -1.93. The topological polar surface area (TPSA) is 142 Å². The fourth-order valence-corrected chi connectivity index (χ4v) is 7.64. The van der Waals surface area contributed by atoms with Crippen LogP contribution in [0.4, 0.5) is 5.69 Å². The zero-order valence-corrected chi connectivity index (χ0v) is 19.6. The molecule has 3 aliphatic carbocycles. The van der Waals surface area contributed by atoms with Crippen LogP contribution in [0.25, 0.3) is 0 Å². The number of carbonyl (C=O) groups is 3. The van der Waals surface area contributed by atoms with Gasteiger partial charge >= 0.3 is 5.97 Å². The summed E-state index contributed by atoms with van der Waals surface area (Å²) in [5, 5.41) is 34.0. The maximum Gasteiger partial charge on any atom is 0.341 e. The molecule has 6 rings (SSSR count). The van der Waals surface area contributed by atoms with Gasteiger partial charge in [-0.2, -0.15) is 0 Å². The molecule has 2 heterocycles. The van der Waals surface area contributed by atoms with Gasteiger partial charge in [-0.3, -0.25) is 9.59 Å². The first-order chi connectivity index (χ1) is 15.9. The summed E-state index contributed by atoms with van der Waals surface area (Å²) in [6.07, 6.45) is 1.90. The zero-order valence-electron chi connectivity index (χ0n) is 19.6. The van der Waals surface area contributed by atoms with Crippen LogP contribution < -0.4 is 5.32 Å². The van der Waals surface area contributed by atoms with E-state index in [1.165, 1.54) is 12.1 Å². The Bertz CT molecular complexity index is 1090. The minimum atomic E-state index is -0.837. The summed E-state index contributed by atoms with van der Waals surface area (Å²) in [4.78, 5) is 37.9. The number of phenolic OH excluding ortho intramolecular Hbond substituents is 2. The number of nitrogens with one attached hydrogen (secondary N) is 1. The second-order valence-corrected chi connectivity index (χ2v) is 10.9. The number of aliphatic hydroxyl groups is 1. The number of Topliss-reactive ketones (excluding diaryl/α,β-unsaturated/α-hetero) is 1. The Hall–Kier alpha value is -2.65. The fraction of sp³-hybridized carbons (Fsp3) is 0.640. The highest BCUT2D eigenvalue weighted by atomic mass is 16.5. The van der Waals surface area contributed by atoms with E-state index in [1.54, 1.807) is 0 Å². The van der Waals surface area contributed by atoms with Crippen molar-refractivity contribution in [2.75, 3.05) is 12.4 Å². The quantitative estimate of drug-likeness (QED) is 0.377. The SMILES string of the molecule is COC(=O)c1ccc(O)c(NC(=O)CC[C@]2(C)C(=O)C[C@@H](O)[C@]34C[C@H]5C[C@H](O[C@@]5(C)C3)[C@H]42)c1O. The molecule has 5 fully saturated rings. The minimum absolute atomic E-state index is 0.0420. The average Bonchev–Trinajstić information content (AvgIpc) is 3.15. The van der Waals surface area contributed by atoms with Gasteiger partial charge in [0, 0.05) is 29.6 Å². The highest BCUT2D eigenvalue weighted by molar-refractivity contribution is 6.00. The molecule has 1 amide bonds. The largest absolute Gasteiger partial charge is 0.506 e. The van der Waals surface area contributed by atoms with Crippen molar-refractivity contribution in [2.24, 2.45) is 22.7 Å². The van der Waals surface area contributed by atoms with Crippen LogP contribution in [0.2, 0.25) is 0 Å². The fourth-order valence-electron chi connectivity index (χ4n) is 7.64.